The third kappa shape index (κ3) is 5.90. The summed E-state index contributed by atoms with van der Waals surface area (Å²) in [4.78, 5) is 17.1. The second-order valence-electron chi connectivity index (χ2n) is 9.21. The predicted octanol–water partition coefficient (Wildman–Crippen LogP) is 5.48. The van der Waals surface area contributed by atoms with Gasteiger partial charge in [-0.15, -0.1) is 0 Å². The summed E-state index contributed by atoms with van der Waals surface area (Å²) >= 11 is 0. The average molecular weight is 538 g/mol. The topological polar surface area (TPSA) is 125 Å². The molecule has 0 aliphatic heterocycles. The molecule has 3 aromatic rings. The van der Waals surface area contributed by atoms with Gasteiger partial charge in [0.15, 0.2) is 5.58 Å². The number of carbonyl (C=O) groups is 1. The Morgan fingerprint density at radius 1 is 1.24 bits per heavy atom. The van der Waals surface area contributed by atoms with Gasteiger partial charge in [-0.25, -0.2) is 4.98 Å². The molecule has 0 saturated heterocycles. The maximum atomic E-state index is 12.6. The number of aromatic nitrogens is 1. The summed E-state index contributed by atoms with van der Waals surface area (Å²) in [6.07, 6.45) is 2.00. The van der Waals surface area contributed by atoms with Crippen molar-refractivity contribution in [1.82, 2.24) is 10.3 Å². The highest BCUT2D eigenvalue weighted by Gasteiger charge is 2.48. The first-order chi connectivity index (χ1) is 17.3. The molecular weight excluding hydrogens is 511 g/mol. The summed E-state index contributed by atoms with van der Waals surface area (Å²) in [7, 11) is -5.67. The average Bonchev–Trinajstić information content (AvgIpc) is 3.26. The monoisotopic (exact) mass is 537 g/mol. The Bertz CT molecular complexity index is 1440. The van der Waals surface area contributed by atoms with Crippen molar-refractivity contribution in [2.24, 2.45) is 5.92 Å². The van der Waals surface area contributed by atoms with E-state index in [9.17, 15) is 26.4 Å². The number of nitrogens with one attached hydrogen (secondary N) is 1. The quantitative estimate of drug-likeness (QED) is 0.232. The molecule has 0 radical (unpaired) electrons. The van der Waals surface area contributed by atoms with Gasteiger partial charge in [0.05, 0.1) is 0 Å². The zero-order valence-electron chi connectivity index (χ0n) is 20.1. The van der Waals surface area contributed by atoms with E-state index in [1.165, 1.54) is 6.08 Å². The number of oxazole rings is 1. The fourth-order valence-corrected chi connectivity index (χ4v) is 4.58. The van der Waals surface area contributed by atoms with Gasteiger partial charge in [0, 0.05) is 35.3 Å². The Hall–Kier alpha value is -3.54. The van der Waals surface area contributed by atoms with E-state index < -0.39 is 15.6 Å². The zero-order chi connectivity index (χ0) is 27.0. The maximum absolute atomic E-state index is 12.6. The first-order valence-corrected chi connectivity index (χ1v) is 13.0. The van der Waals surface area contributed by atoms with Crippen molar-refractivity contribution < 1.29 is 35.0 Å². The number of rotatable bonds is 7. The molecule has 198 valence electrons. The largest absolute Gasteiger partial charge is 0.534 e. The minimum Gasteiger partial charge on any atom is -0.436 e. The van der Waals surface area contributed by atoms with Gasteiger partial charge < -0.3 is 19.7 Å². The van der Waals surface area contributed by atoms with Crippen LogP contribution < -0.4 is 11.1 Å². The van der Waals surface area contributed by atoms with Gasteiger partial charge in [-0.05, 0) is 67.2 Å². The molecule has 1 aliphatic rings. The molecule has 4 rings (SSSR count). The van der Waals surface area contributed by atoms with Crippen LogP contribution in [0.15, 0.2) is 52.7 Å². The minimum absolute atomic E-state index is 0.0270. The summed E-state index contributed by atoms with van der Waals surface area (Å²) in [6.45, 7) is 4.36. The van der Waals surface area contributed by atoms with Crippen molar-refractivity contribution in [1.29, 1.82) is 0 Å². The van der Waals surface area contributed by atoms with Crippen molar-refractivity contribution in [3.8, 4) is 11.5 Å². The summed E-state index contributed by atoms with van der Waals surface area (Å²) in [5.41, 5.74) is 4.53. The van der Waals surface area contributed by atoms with Crippen LogP contribution in [0.4, 0.5) is 18.9 Å². The number of nitrogens with zero attached hydrogens (tertiary/aromatic N) is 1. The number of carbonyl (C=O) groups excluding carboxylic acids is 1. The van der Waals surface area contributed by atoms with Crippen molar-refractivity contribution in [2.75, 3.05) is 12.3 Å². The number of alkyl halides is 3. The van der Waals surface area contributed by atoms with E-state index in [0.29, 0.717) is 40.2 Å². The number of halogens is 3. The third-order valence-corrected chi connectivity index (χ3v) is 7.09. The lowest BCUT2D eigenvalue weighted by Gasteiger charge is -2.22. The predicted molar refractivity (Wildman–Crippen MR) is 132 cm³/mol. The van der Waals surface area contributed by atoms with Gasteiger partial charge in [-0.2, -0.15) is 21.6 Å². The van der Waals surface area contributed by atoms with E-state index in [4.69, 9.17) is 10.2 Å². The highest BCUT2D eigenvalue weighted by atomic mass is 32.2. The molecule has 0 spiro atoms. The van der Waals surface area contributed by atoms with Gasteiger partial charge in [0.1, 0.15) is 11.3 Å². The Morgan fingerprint density at radius 3 is 2.54 bits per heavy atom. The molecule has 0 fully saturated rings. The van der Waals surface area contributed by atoms with E-state index in [0.717, 1.165) is 5.56 Å². The number of fused-ring (bicyclic) bond motifs is 1. The van der Waals surface area contributed by atoms with Crippen LogP contribution in [0.3, 0.4) is 0 Å². The number of amides is 1. The molecule has 8 nitrogen and oxygen atoms in total. The molecule has 1 unspecified atom stereocenters. The van der Waals surface area contributed by atoms with E-state index in [1.54, 1.807) is 30.3 Å². The van der Waals surface area contributed by atoms with Crippen LogP contribution in [0.2, 0.25) is 0 Å². The zero-order valence-corrected chi connectivity index (χ0v) is 20.9. The molecule has 1 atom stereocenters. The van der Waals surface area contributed by atoms with Crippen molar-refractivity contribution in [2.45, 2.75) is 44.5 Å². The molecule has 3 N–H and O–H groups in total. The van der Waals surface area contributed by atoms with Crippen molar-refractivity contribution in [3.05, 3.63) is 59.4 Å². The Balaban J connectivity index is 1.36. The van der Waals surface area contributed by atoms with Crippen LogP contribution in [-0.4, -0.2) is 31.4 Å². The van der Waals surface area contributed by atoms with E-state index in [1.807, 2.05) is 19.9 Å². The summed E-state index contributed by atoms with van der Waals surface area (Å²) in [5, 5.41) is 2.80. The molecule has 0 bridgehead atoms. The molecule has 1 aliphatic carbocycles. The molecule has 2 aromatic carbocycles. The molecule has 0 saturated carbocycles. The number of nitrogen functional groups attached to an aromatic ring is 1. The van der Waals surface area contributed by atoms with Gasteiger partial charge >= 0.3 is 15.6 Å². The second kappa shape index (κ2) is 10.1. The number of hydrogen-bond donors (Lipinski definition) is 2. The van der Waals surface area contributed by atoms with Crippen LogP contribution in [0, 0.1) is 5.92 Å². The molecule has 1 heterocycles. The fourth-order valence-electron chi connectivity index (χ4n) is 4.05. The highest BCUT2D eigenvalue weighted by Crippen LogP contribution is 2.33. The molecule has 12 heteroatoms. The maximum Gasteiger partial charge on any atom is 0.534 e. The van der Waals surface area contributed by atoms with E-state index in [-0.39, 0.29) is 42.9 Å². The Labute approximate surface area is 211 Å². The number of benzene rings is 2. The Kier molecular flexibility index (Phi) is 7.22. The molecule has 1 aromatic heterocycles. The summed E-state index contributed by atoms with van der Waals surface area (Å²) < 4.78 is 69.8. The summed E-state index contributed by atoms with van der Waals surface area (Å²) in [5.74, 6) is -0.00683. The molecule has 1 amide bonds. The van der Waals surface area contributed by atoms with Gasteiger partial charge in [-0.1, -0.05) is 13.8 Å². The summed E-state index contributed by atoms with van der Waals surface area (Å²) in [6, 6.07) is 10.4. The molecule has 37 heavy (non-hydrogen) atoms. The lowest BCUT2D eigenvalue weighted by atomic mass is 9.93. The smallest absolute Gasteiger partial charge is 0.436 e. The lowest BCUT2D eigenvalue weighted by molar-refractivity contribution is -0.0524. The van der Waals surface area contributed by atoms with Gasteiger partial charge in [0.25, 0.3) is 5.91 Å². The van der Waals surface area contributed by atoms with Crippen LogP contribution in [0.5, 0.6) is 0 Å². The third-order valence-electron chi connectivity index (χ3n) is 6.09. The SMILES string of the molecule is CC(C)c1cc(N)cc2nc(-c3ccc(C(=O)NCC4CC=C(OS(=O)(=O)C(F)(F)F)CC4)cc3)oc12. The number of nitrogens with two attached hydrogens (primary N) is 1. The van der Waals surface area contributed by atoms with E-state index >= 15 is 0 Å². The minimum atomic E-state index is -5.67. The van der Waals surface area contributed by atoms with Gasteiger partial charge in [-0.3, -0.25) is 4.79 Å². The van der Waals surface area contributed by atoms with Crippen molar-refractivity contribution >= 4 is 32.8 Å². The first kappa shape index (κ1) is 26.5. The van der Waals surface area contributed by atoms with Crippen molar-refractivity contribution in [3.63, 3.8) is 0 Å². The van der Waals surface area contributed by atoms with E-state index in [2.05, 4.69) is 14.5 Å². The van der Waals surface area contributed by atoms with Crippen LogP contribution in [0.1, 0.15) is 54.9 Å². The second-order valence-corrected chi connectivity index (χ2v) is 10.8. The van der Waals surface area contributed by atoms with Crippen LogP contribution in [0.25, 0.3) is 22.6 Å². The lowest BCUT2D eigenvalue weighted by Crippen LogP contribution is -2.30. The number of allylic oxidation sites excluding steroid dienone is 2. The van der Waals surface area contributed by atoms with Crippen LogP contribution in [-0.2, 0) is 14.3 Å². The first-order valence-electron chi connectivity index (χ1n) is 11.6. The highest BCUT2D eigenvalue weighted by molar-refractivity contribution is 7.87. The molecular formula is C25H26F3N3O5S. The number of anilines is 1. The van der Waals surface area contributed by atoms with Gasteiger partial charge in [0.2, 0.25) is 5.89 Å². The number of hydrogen-bond acceptors (Lipinski definition) is 7. The normalized spacial score (nSPS) is 16.6. The Morgan fingerprint density at radius 2 is 1.95 bits per heavy atom. The standard InChI is InChI=1S/C25H26F3N3O5S/c1-14(2)20-11-18(29)12-21-22(20)35-24(31-21)17-7-5-16(6-8-17)23(32)30-13-15-3-9-19(10-4-15)36-37(33,34)25(26,27)28/h5-9,11-12,14-15H,3-4,10,13,29H2,1-2H3,(H,30,32). The fraction of sp³-hybridized carbons (Fsp3) is 0.360. The van der Waals surface area contributed by atoms with Crippen LogP contribution >= 0.6 is 0 Å².